The highest BCUT2D eigenvalue weighted by atomic mass is 32.1. The van der Waals surface area contributed by atoms with E-state index in [2.05, 4.69) is 15.0 Å². The number of likely N-dealkylation sites (N-methyl/N-ethyl adjacent to an activating group) is 1. The Morgan fingerprint density at radius 3 is 2.62 bits per heavy atom. The fourth-order valence-electron chi connectivity index (χ4n) is 3.93. The van der Waals surface area contributed by atoms with Crippen molar-refractivity contribution in [3.05, 3.63) is 28.8 Å². The number of carbonyl (C=O) groups is 1. The van der Waals surface area contributed by atoms with Crippen LogP contribution in [0, 0.1) is 6.92 Å². The smallest absolute Gasteiger partial charge is 0.434 e. The first kappa shape index (κ1) is 24.1. The number of rotatable bonds is 5. The fraction of sp³-hybridized carbons (Fsp3) is 0.455. The average molecular weight is 497 g/mol. The van der Waals surface area contributed by atoms with Gasteiger partial charge in [0.2, 0.25) is 5.88 Å². The number of carbonyl (C=O) groups excluding carboxylic acids is 1. The molecule has 0 aliphatic carbocycles. The van der Waals surface area contributed by atoms with Crippen LogP contribution in [-0.2, 0) is 15.7 Å². The van der Waals surface area contributed by atoms with Crippen LogP contribution in [0.25, 0.3) is 21.7 Å². The molecule has 34 heavy (non-hydrogen) atoms. The van der Waals surface area contributed by atoms with Crippen LogP contribution in [0.3, 0.4) is 0 Å². The number of alkyl halides is 3. The average Bonchev–Trinajstić information content (AvgIpc) is 3.31. The summed E-state index contributed by atoms with van der Waals surface area (Å²) in [6.45, 7) is 2.40. The van der Waals surface area contributed by atoms with Gasteiger partial charge in [-0.15, -0.1) is 11.3 Å². The summed E-state index contributed by atoms with van der Waals surface area (Å²) < 4.78 is 55.8. The first-order valence-electron chi connectivity index (χ1n) is 10.5. The van der Waals surface area contributed by atoms with Crippen molar-refractivity contribution in [1.29, 1.82) is 0 Å². The maximum Gasteiger partial charge on any atom is 0.434 e. The van der Waals surface area contributed by atoms with E-state index in [-0.39, 0.29) is 28.8 Å². The van der Waals surface area contributed by atoms with Crippen molar-refractivity contribution in [3.63, 3.8) is 0 Å². The number of halogens is 3. The van der Waals surface area contributed by atoms with Gasteiger partial charge in [-0.1, -0.05) is 0 Å². The molecule has 8 nitrogen and oxygen atoms in total. The van der Waals surface area contributed by atoms with Crippen LogP contribution in [-0.4, -0.2) is 65.8 Å². The van der Waals surface area contributed by atoms with Gasteiger partial charge in [0.05, 0.1) is 25.1 Å². The zero-order valence-electron chi connectivity index (χ0n) is 19.0. The van der Waals surface area contributed by atoms with Gasteiger partial charge < -0.3 is 14.2 Å². The third-order valence-corrected chi connectivity index (χ3v) is 6.65. The number of thiazole rings is 1. The van der Waals surface area contributed by atoms with Crippen LogP contribution in [0.2, 0.25) is 0 Å². The Labute approximate surface area is 197 Å². The third kappa shape index (κ3) is 4.64. The molecule has 1 saturated heterocycles. The molecule has 0 bridgehead atoms. The van der Waals surface area contributed by atoms with Crippen molar-refractivity contribution in [2.24, 2.45) is 0 Å². The second-order valence-electron chi connectivity index (χ2n) is 7.96. The highest BCUT2D eigenvalue weighted by Crippen LogP contribution is 2.37. The molecule has 1 fully saturated rings. The van der Waals surface area contributed by atoms with E-state index in [9.17, 15) is 18.0 Å². The van der Waals surface area contributed by atoms with Gasteiger partial charge in [-0.2, -0.15) is 18.2 Å². The number of aromatic nitrogens is 3. The standard InChI is InChI=1S/C22H23F3N4O4S/c1-11-15(31-3)6-5-13-17(11)27-18(20-26-16(10-34-20)22(23,24)25)28-19(13)33-12-7-8-29(2)14(9-12)21(30)32-4/h5-6,10,12,14H,7-9H2,1-4H3. The predicted molar refractivity (Wildman–Crippen MR) is 119 cm³/mol. The van der Waals surface area contributed by atoms with Crippen molar-refractivity contribution >= 4 is 28.2 Å². The molecule has 1 aromatic carbocycles. The van der Waals surface area contributed by atoms with Gasteiger partial charge in [0.1, 0.15) is 17.9 Å². The van der Waals surface area contributed by atoms with Gasteiger partial charge in [-0.05, 0) is 32.5 Å². The van der Waals surface area contributed by atoms with Crippen molar-refractivity contribution in [2.75, 3.05) is 27.8 Å². The van der Waals surface area contributed by atoms with Crippen LogP contribution in [0.5, 0.6) is 11.6 Å². The monoisotopic (exact) mass is 496 g/mol. The number of hydrogen-bond donors (Lipinski definition) is 0. The number of likely N-dealkylation sites (tertiary alicyclic amines) is 1. The number of hydrogen-bond acceptors (Lipinski definition) is 9. The Kier molecular flexibility index (Phi) is 6.63. The summed E-state index contributed by atoms with van der Waals surface area (Å²) >= 11 is 0.805. The molecule has 0 N–H and O–H groups in total. The lowest BCUT2D eigenvalue weighted by Gasteiger charge is -2.35. The third-order valence-electron chi connectivity index (χ3n) is 5.82. The van der Waals surface area contributed by atoms with Gasteiger partial charge in [0.15, 0.2) is 16.5 Å². The van der Waals surface area contributed by atoms with E-state index in [4.69, 9.17) is 14.2 Å². The molecule has 0 radical (unpaired) electrons. The SMILES string of the molecule is COC(=O)C1CC(Oc2nc(-c3nc(C(F)(F)F)cs3)nc3c(C)c(OC)ccc23)CCN1C. The molecule has 0 amide bonds. The molecule has 2 unspecified atom stereocenters. The topological polar surface area (TPSA) is 86.7 Å². The first-order valence-corrected chi connectivity index (χ1v) is 11.3. The molecule has 182 valence electrons. The van der Waals surface area contributed by atoms with Crippen molar-refractivity contribution in [3.8, 4) is 22.5 Å². The summed E-state index contributed by atoms with van der Waals surface area (Å²) in [7, 11) is 4.70. The Morgan fingerprint density at radius 2 is 1.97 bits per heavy atom. The lowest BCUT2D eigenvalue weighted by Crippen LogP contribution is -2.48. The van der Waals surface area contributed by atoms with E-state index < -0.39 is 17.9 Å². The van der Waals surface area contributed by atoms with Crippen molar-refractivity contribution in [1.82, 2.24) is 19.9 Å². The fourth-order valence-corrected chi connectivity index (χ4v) is 4.68. The molecule has 1 aliphatic rings. The van der Waals surface area contributed by atoms with Gasteiger partial charge in [0, 0.05) is 23.9 Å². The van der Waals surface area contributed by atoms with Crippen LogP contribution in [0.15, 0.2) is 17.5 Å². The van der Waals surface area contributed by atoms with E-state index in [1.165, 1.54) is 14.2 Å². The molecule has 2 atom stereocenters. The second-order valence-corrected chi connectivity index (χ2v) is 8.82. The summed E-state index contributed by atoms with van der Waals surface area (Å²) in [5, 5.41) is 1.54. The number of aryl methyl sites for hydroxylation is 1. The van der Waals surface area contributed by atoms with Gasteiger partial charge >= 0.3 is 12.1 Å². The maximum absolute atomic E-state index is 13.1. The summed E-state index contributed by atoms with van der Waals surface area (Å²) in [6, 6.07) is 3.03. The molecule has 0 saturated carbocycles. The first-order chi connectivity index (χ1) is 16.1. The number of ether oxygens (including phenoxy) is 3. The highest BCUT2D eigenvalue weighted by Gasteiger charge is 2.35. The summed E-state index contributed by atoms with van der Waals surface area (Å²) in [5.41, 5.74) is 0.176. The van der Waals surface area contributed by atoms with Crippen LogP contribution < -0.4 is 9.47 Å². The van der Waals surface area contributed by atoms with Gasteiger partial charge in [-0.25, -0.2) is 9.97 Å². The van der Waals surface area contributed by atoms with E-state index >= 15 is 0 Å². The van der Waals surface area contributed by atoms with Crippen molar-refractivity contribution < 1.29 is 32.2 Å². The minimum absolute atomic E-state index is 0.0248. The Morgan fingerprint density at radius 1 is 1.21 bits per heavy atom. The normalized spacial score (nSPS) is 19.3. The van der Waals surface area contributed by atoms with E-state index in [1.54, 1.807) is 19.1 Å². The van der Waals surface area contributed by atoms with Gasteiger partial charge in [0.25, 0.3) is 0 Å². The largest absolute Gasteiger partial charge is 0.496 e. The molecule has 2 aromatic heterocycles. The molecular weight excluding hydrogens is 473 g/mol. The predicted octanol–water partition coefficient (Wildman–Crippen LogP) is 4.10. The quantitative estimate of drug-likeness (QED) is 0.488. The number of methoxy groups -OCH3 is 2. The Balaban J connectivity index is 1.77. The van der Waals surface area contributed by atoms with Crippen LogP contribution in [0.1, 0.15) is 24.1 Å². The minimum atomic E-state index is -4.57. The zero-order chi connectivity index (χ0) is 24.6. The molecule has 3 heterocycles. The van der Waals surface area contributed by atoms with Crippen molar-refractivity contribution in [2.45, 2.75) is 38.1 Å². The number of benzene rings is 1. The van der Waals surface area contributed by atoms with Crippen LogP contribution >= 0.6 is 11.3 Å². The molecule has 0 spiro atoms. The Bertz CT molecular complexity index is 1220. The molecular formula is C22H23F3N4O4S. The number of esters is 1. The highest BCUT2D eigenvalue weighted by molar-refractivity contribution is 7.13. The molecule has 12 heteroatoms. The van der Waals surface area contributed by atoms with Crippen LogP contribution in [0.4, 0.5) is 13.2 Å². The zero-order valence-corrected chi connectivity index (χ0v) is 19.8. The molecule has 3 aromatic rings. The number of fused-ring (bicyclic) bond motifs is 1. The number of piperidine rings is 1. The summed E-state index contributed by atoms with van der Waals surface area (Å²) in [4.78, 5) is 26.7. The molecule has 4 rings (SSSR count). The maximum atomic E-state index is 13.1. The summed E-state index contributed by atoms with van der Waals surface area (Å²) in [6.07, 6.45) is -3.90. The minimum Gasteiger partial charge on any atom is -0.496 e. The van der Waals surface area contributed by atoms with E-state index in [0.29, 0.717) is 41.6 Å². The second kappa shape index (κ2) is 9.34. The lowest BCUT2D eigenvalue weighted by molar-refractivity contribution is -0.149. The van der Waals surface area contributed by atoms with E-state index in [1.807, 2.05) is 11.9 Å². The number of nitrogens with zero attached hydrogens (tertiary/aromatic N) is 4. The Hall–Kier alpha value is -2.99. The van der Waals surface area contributed by atoms with Gasteiger partial charge in [-0.3, -0.25) is 9.69 Å². The summed E-state index contributed by atoms with van der Waals surface area (Å²) in [5.74, 6) is 0.458. The van der Waals surface area contributed by atoms with E-state index in [0.717, 1.165) is 16.7 Å². The molecule has 1 aliphatic heterocycles. The lowest BCUT2D eigenvalue weighted by atomic mass is 10.00.